The van der Waals surface area contributed by atoms with E-state index in [1.807, 2.05) is 0 Å². The fourth-order valence-corrected chi connectivity index (χ4v) is 0.221. The number of carbonyl (C=O) groups is 1. The van der Waals surface area contributed by atoms with E-state index < -0.39 is 0 Å². The van der Waals surface area contributed by atoms with E-state index in [1.54, 1.807) is 0 Å². The minimum Gasteiger partial charge on any atom is -0.400 e. The number of aliphatic hydroxyl groups excluding tert-OH is 1. The Hall–Kier alpha value is -1.03. The molecule has 0 fully saturated rings. The van der Waals surface area contributed by atoms with Crippen LogP contribution in [-0.2, 0) is 4.79 Å². The molecule has 1 aliphatic heterocycles. The SMILES string of the molecule is CO.O=C1C=CN=N1. The van der Waals surface area contributed by atoms with Crippen molar-refractivity contribution >= 4 is 5.91 Å². The van der Waals surface area contributed by atoms with E-state index in [4.69, 9.17) is 5.11 Å². The Bertz CT molecular complexity index is 114. The Morgan fingerprint density at radius 1 is 1.62 bits per heavy atom. The summed E-state index contributed by atoms with van der Waals surface area (Å²) < 4.78 is 0. The summed E-state index contributed by atoms with van der Waals surface area (Å²) in [5, 5.41) is 13.4. The van der Waals surface area contributed by atoms with E-state index in [0.29, 0.717) is 0 Å². The monoisotopic (exact) mass is 114 g/mol. The summed E-state index contributed by atoms with van der Waals surface area (Å²) in [5.74, 6) is -0.269. The van der Waals surface area contributed by atoms with Gasteiger partial charge < -0.3 is 5.11 Å². The summed E-state index contributed by atoms with van der Waals surface area (Å²) in [5.41, 5.74) is 0. The lowest BCUT2D eigenvalue weighted by Crippen LogP contribution is -1.74. The number of aliphatic hydroxyl groups is 1. The number of rotatable bonds is 0. The first-order valence-corrected chi connectivity index (χ1v) is 1.96. The fourth-order valence-electron chi connectivity index (χ4n) is 0.221. The molecule has 0 aromatic rings. The normalized spacial score (nSPS) is 13.5. The predicted octanol–water partition coefficient (Wildman–Crippen LogP) is 0.101. The van der Waals surface area contributed by atoms with Gasteiger partial charge in [0.25, 0.3) is 5.91 Å². The predicted molar refractivity (Wildman–Crippen MR) is 27.1 cm³/mol. The summed E-state index contributed by atoms with van der Waals surface area (Å²) >= 11 is 0. The average Bonchev–Trinajstić information content (AvgIpc) is 2.24. The van der Waals surface area contributed by atoms with Crippen LogP contribution < -0.4 is 0 Å². The number of hydrogen-bond acceptors (Lipinski definition) is 3. The minimum absolute atomic E-state index is 0.269. The van der Waals surface area contributed by atoms with E-state index in [2.05, 4.69) is 10.2 Å². The zero-order chi connectivity index (χ0) is 6.41. The number of carbonyl (C=O) groups excluding carboxylic acids is 1. The van der Waals surface area contributed by atoms with Crippen LogP contribution in [0, 0.1) is 0 Å². The van der Waals surface area contributed by atoms with Gasteiger partial charge in [-0.15, -0.1) is 5.11 Å². The zero-order valence-corrected chi connectivity index (χ0v) is 4.40. The van der Waals surface area contributed by atoms with Gasteiger partial charge >= 0.3 is 0 Å². The van der Waals surface area contributed by atoms with Crippen molar-refractivity contribution in [2.75, 3.05) is 7.11 Å². The molecular formula is C4H6N2O2. The first-order chi connectivity index (χ1) is 3.89. The third-order valence-corrected chi connectivity index (χ3v) is 0.440. The van der Waals surface area contributed by atoms with Crippen molar-refractivity contribution in [3.05, 3.63) is 12.3 Å². The lowest BCUT2D eigenvalue weighted by molar-refractivity contribution is -0.113. The second kappa shape index (κ2) is 4.14. The molecule has 0 spiro atoms. The Morgan fingerprint density at radius 3 is 2.38 bits per heavy atom. The van der Waals surface area contributed by atoms with Gasteiger partial charge in [-0.25, -0.2) is 0 Å². The highest BCUT2D eigenvalue weighted by atomic mass is 16.2. The lowest BCUT2D eigenvalue weighted by Gasteiger charge is -1.59. The van der Waals surface area contributed by atoms with Gasteiger partial charge in [0.1, 0.15) is 0 Å². The van der Waals surface area contributed by atoms with Crippen LogP contribution in [0.25, 0.3) is 0 Å². The molecule has 4 nitrogen and oxygen atoms in total. The summed E-state index contributed by atoms with van der Waals surface area (Å²) in [6.45, 7) is 0. The molecule has 0 unspecified atom stereocenters. The van der Waals surface area contributed by atoms with Crippen molar-refractivity contribution in [1.29, 1.82) is 0 Å². The number of nitrogens with zero attached hydrogens (tertiary/aromatic N) is 2. The van der Waals surface area contributed by atoms with Crippen molar-refractivity contribution in [3.63, 3.8) is 0 Å². The van der Waals surface area contributed by atoms with Gasteiger partial charge in [-0.3, -0.25) is 4.79 Å². The number of azo groups is 1. The molecule has 0 bridgehead atoms. The van der Waals surface area contributed by atoms with E-state index >= 15 is 0 Å². The first-order valence-electron chi connectivity index (χ1n) is 1.96. The van der Waals surface area contributed by atoms with E-state index in [0.717, 1.165) is 7.11 Å². The second-order valence-electron chi connectivity index (χ2n) is 0.869. The molecule has 0 atom stereocenters. The molecule has 1 amide bonds. The van der Waals surface area contributed by atoms with Crippen LogP contribution in [0.3, 0.4) is 0 Å². The van der Waals surface area contributed by atoms with Crippen LogP contribution >= 0.6 is 0 Å². The van der Waals surface area contributed by atoms with Crippen LogP contribution in [-0.4, -0.2) is 18.1 Å². The van der Waals surface area contributed by atoms with Crippen LogP contribution in [0.2, 0.25) is 0 Å². The quantitative estimate of drug-likeness (QED) is 0.485. The molecule has 0 saturated heterocycles. The zero-order valence-electron chi connectivity index (χ0n) is 4.40. The summed E-state index contributed by atoms with van der Waals surface area (Å²) in [4.78, 5) is 9.90. The first kappa shape index (κ1) is 6.97. The van der Waals surface area contributed by atoms with Gasteiger partial charge in [0.15, 0.2) is 0 Å². The van der Waals surface area contributed by atoms with Crippen molar-refractivity contribution < 1.29 is 9.90 Å². The Kier molecular flexibility index (Phi) is 3.60. The van der Waals surface area contributed by atoms with Crippen molar-refractivity contribution in [2.24, 2.45) is 10.2 Å². The van der Waals surface area contributed by atoms with Crippen LogP contribution in [0.5, 0.6) is 0 Å². The molecule has 1 N–H and O–H groups in total. The molecule has 1 heterocycles. The molecule has 0 aromatic heterocycles. The summed E-state index contributed by atoms with van der Waals surface area (Å²) in [6.07, 6.45) is 2.67. The summed E-state index contributed by atoms with van der Waals surface area (Å²) in [6, 6.07) is 0. The van der Waals surface area contributed by atoms with Gasteiger partial charge in [-0.05, 0) is 0 Å². The fraction of sp³-hybridized carbons (Fsp3) is 0.250. The molecule has 1 rings (SSSR count). The van der Waals surface area contributed by atoms with E-state index in [1.165, 1.54) is 12.3 Å². The molecular weight excluding hydrogens is 108 g/mol. The van der Waals surface area contributed by atoms with Crippen LogP contribution in [0.4, 0.5) is 0 Å². The van der Waals surface area contributed by atoms with Crippen molar-refractivity contribution in [3.8, 4) is 0 Å². The maximum atomic E-state index is 9.90. The Labute approximate surface area is 46.5 Å². The van der Waals surface area contributed by atoms with Gasteiger partial charge in [-0.2, -0.15) is 5.11 Å². The smallest absolute Gasteiger partial charge is 0.289 e. The van der Waals surface area contributed by atoms with E-state index in [-0.39, 0.29) is 5.91 Å². The van der Waals surface area contributed by atoms with Crippen LogP contribution in [0.1, 0.15) is 0 Å². The molecule has 0 aliphatic carbocycles. The highest BCUT2D eigenvalue weighted by molar-refractivity contribution is 5.89. The van der Waals surface area contributed by atoms with Crippen LogP contribution in [0.15, 0.2) is 22.5 Å². The van der Waals surface area contributed by atoms with Gasteiger partial charge in [-0.1, -0.05) is 0 Å². The molecule has 0 aromatic carbocycles. The highest BCUT2D eigenvalue weighted by Crippen LogP contribution is 1.90. The third-order valence-electron chi connectivity index (χ3n) is 0.440. The Morgan fingerprint density at radius 2 is 2.25 bits per heavy atom. The largest absolute Gasteiger partial charge is 0.400 e. The molecule has 0 saturated carbocycles. The number of hydrogen-bond donors (Lipinski definition) is 1. The maximum absolute atomic E-state index is 9.90. The highest BCUT2D eigenvalue weighted by Gasteiger charge is 1.92. The number of amides is 1. The molecule has 44 valence electrons. The standard InChI is InChI=1S/C3H2N2O.CH4O/c6-3-1-2-4-5-3;1-2/h1-2H;2H,1H3. The van der Waals surface area contributed by atoms with E-state index in [9.17, 15) is 4.79 Å². The van der Waals surface area contributed by atoms with Gasteiger partial charge in [0.2, 0.25) is 0 Å². The lowest BCUT2D eigenvalue weighted by atomic mass is 10.6. The molecule has 4 heteroatoms. The molecule has 8 heavy (non-hydrogen) atoms. The maximum Gasteiger partial charge on any atom is 0.289 e. The minimum atomic E-state index is -0.269. The summed E-state index contributed by atoms with van der Waals surface area (Å²) in [7, 11) is 1.00. The topological polar surface area (TPSA) is 62.0 Å². The molecule has 1 aliphatic rings. The Balaban J connectivity index is 0.000000222. The second-order valence-corrected chi connectivity index (χ2v) is 0.869. The van der Waals surface area contributed by atoms with Gasteiger partial charge in [0, 0.05) is 13.2 Å². The van der Waals surface area contributed by atoms with Gasteiger partial charge in [0.05, 0.1) is 6.20 Å². The third kappa shape index (κ3) is 2.20. The average molecular weight is 114 g/mol. The van der Waals surface area contributed by atoms with Crippen molar-refractivity contribution in [2.45, 2.75) is 0 Å². The molecule has 0 radical (unpaired) electrons. The van der Waals surface area contributed by atoms with Crippen molar-refractivity contribution in [1.82, 2.24) is 0 Å².